The fourth-order valence-corrected chi connectivity index (χ4v) is 6.18. The van der Waals surface area contributed by atoms with Crippen LogP contribution in [0.2, 0.25) is 0 Å². The predicted molar refractivity (Wildman–Crippen MR) is 123 cm³/mol. The highest BCUT2D eigenvalue weighted by Gasteiger charge is 2.23. The zero-order chi connectivity index (χ0) is 20.9. The molecule has 1 aromatic heterocycles. The lowest BCUT2D eigenvalue weighted by Gasteiger charge is -2.36. The van der Waals surface area contributed by atoms with Crippen molar-refractivity contribution < 1.29 is 14.3 Å². The van der Waals surface area contributed by atoms with Crippen molar-refractivity contribution in [3.8, 4) is 5.75 Å². The van der Waals surface area contributed by atoms with Gasteiger partial charge in [0.25, 0.3) is 5.91 Å². The molecule has 6 nitrogen and oxygen atoms in total. The molecule has 2 aliphatic heterocycles. The van der Waals surface area contributed by atoms with Gasteiger partial charge in [0, 0.05) is 44.9 Å². The minimum absolute atomic E-state index is 0.0572. The van der Waals surface area contributed by atoms with E-state index < -0.39 is 0 Å². The number of Topliss-reactive ketones (excluding diaryl/α,β-unsaturated/α-hetero) is 1. The zero-order valence-corrected chi connectivity index (χ0v) is 18.8. The topological polar surface area (TPSA) is 61.9 Å². The summed E-state index contributed by atoms with van der Waals surface area (Å²) in [5.74, 6) is 1.86. The van der Waals surface area contributed by atoms with Gasteiger partial charge >= 0.3 is 0 Å². The molecule has 1 fully saturated rings. The Morgan fingerprint density at radius 2 is 2.00 bits per heavy atom. The molecule has 2 aliphatic rings. The van der Waals surface area contributed by atoms with Gasteiger partial charge in [-0.1, -0.05) is 12.1 Å². The number of thioether (sulfide) groups is 1. The van der Waals surface area contributed by atoms with Crippen molar-refractivity contribution in [2.24, 2.45) is 0 Å². The maximum atomic E-state index is 12.6. The number of hydrogen-bond donors (Lipinski definition) is 1. The van der Waals surface area contributed by atoms with E-state index in [0.29, 0.717) is 23.4 Å². The lowest BCUT2D eigenvalue weighted by molar-refractivity contribution is 0.0955. The molecule has 160 valence electrons. The van der Waals surface area contributed by atoms with Crippen molar-refractivity contribution in [3.63, 3.8) is 0 Å². The number of para-hydroxylation sites is 2. The van der Waals surface area contributed by atoms with Gasteiger partial charge in [0.1, 0.15) is 5.75 Å². The summed E-state index contributed by atoms with van der Waals surface area (Å²) in [6.07, 6.45) is 1.37. The van der Waals surface area contributed by atoms with Crippen LogP contribution in [0, 0.1) is 0 Å². The largest absolute Gasteiger partial charge is 0.495 e. The lowest BCUT2D eigenvalue weighted by atomic mass is 10.1. The Kier molecular flexibility index (Phi) is 6.97. The summed E-state index contributed by atoms with van der Waals surface area (Å²) >= 11 is 3.13. The third-order valence-electron chi connectivity index (χ3n) is 5.51. The number of amides is 1. The molecule has 0 radical (unpaired) electrons. The molecule has 8 heteroatoms. The maximum absolute atomic E-state index is 12.6. The molecule has 3 heterocycles. The SMILES string of the molecule is COc1ccccc1N1CCN(CCCC(=O)c2cc3c(s2)SCCNC3=O)CC1. The van der Waals surface area contributed by atoms with E-state index in [1.54, 1.807) is 24.9 Å². The molecule has 0 spiro atoms. The minimum atomic E-state index is -0.0572. The second kappa shape index (κ2) is 9.85. The molecule has 1 aromatic carbocycles. The van der Waals surface area contributed by atoms with Gasteiger partial charge in [0.15, 0.2) is 5.78 Å². The standard InChI is InChI=1S/C22H27N3O3S2/c1-28-19-7-3-2-5-17(19)25-12-10-24(11-13-25)9-4-6-18(26)20-15-16-21(27)23-8-14-29-22(16)30-20/h2-3,5,7,15H,4,6,8-14H2,1H3,(H,23,27). The highest BCUT2D eigenvalue weighted by Crippen LogP contribution is 2.34. The molecular formula is C22H27N3O3S2. The van der Waals surface area contributed by atoms with Crippen molar-refractivity contribution in [2.45, 2.75) is 17.1 Å². The first-order valence-electron chi connectivity index (χ1n) is 10.3. The van der Waals surface area contributed by atoms with Crippen molar-refractivity contribution in [3.05, 3.63) is 40.8 Å². The first-order chi connectivity index (χ1) is 14.7. The van der Waals surface area contributed by atoms with E-state index in [2.05, 4.69) is 21.2 Å². The molecule has 0 atom stereocenters. The normalized spacial score (nSPS) is 17.2. The number of nitrogens with one attached hydrogen (secondary N) is 1. The van der Waals surface area contributed by atoms with Crippen LogP contribution < -0.4 is 15.0 Å². The van der Waals surface area contributed by atoms with E-state index in [1.807, 2.05) is 18.2 Å². The van der Waals surface area contributed by atoms with Crippen LogP contribution in [-0.2, 0) is 0 Å². The number of nitrogens with zero attached hydrogens (tertiary/aromatic N) is 2. The summed E-state index contributed by atoms with van der Waals surface area (Å²) in [5, 5.41) is 2.88. The number of hydrogen-bond acceptors (Lipinski definition) is 7. The van der Waals surface area contributed by atoms with E-state index in [0.717, 1.165) is 60.5 Å². The second-order valence-electron chi connectivity index (χ2n) is 7.44. The van der Waals surface area contributed by atoms with Crippen molar-refractivity contribution >= 4 is 40.5 Å². The van der Waals surface area contributed by atoms with Crippen molar-refractivity contribution in [1.82, 2.24) is 10.2 Å². The van der Waals surface area contributed by atoms with E-state index in [1.165, 1.54) is 11.3 Å². The molecule has 0 unspecified atom stereocenters. The number of benzene rings is 1. The van der Waals surface area contributed by atoms with E-state index in [4.69, 9.17) is 4.74 Å². The Hall–Kier alpha value is -2.03. The molecule has 1 amide bonds. The summed E-state index contributed by atoms with van der Waals surface area (Å²) in [5.41, 5.74) is 1.81. The van der Waals surface area contributed by atoms with Gasteiger partial charge in [-0.25, -0.2) is 0 Å². The van der Waals surface area contributed by atoms with Gasteiger partial charge in [-0.2, -0.15) is 0 Å². The molecule has 0 bridgehead atoms. The summed E-state index contributed by atoms with van der Waals surface area (Å²) in [6, 6.07) is 9.92. The smallest absolute Gasteiger partial charge is 0.253 e. The number of thiophene rings is 1. The van der Waals surface area contributed by atoms with Crippen LogP contribution in [0.25, 0.3) is 0 Å². The number of anilines is 1. The number of ether oxygens (including phenoxy) is 1. The van der Waals surface area contributed by atoms with Gasteiger partial charge in [0.05, 0.1) is 27.4 Å². The van der Waals surface area contributed by atoms with Crippen LogP contribution in [0.3, 0.4) is 0 Å². The molecular weight excluding hydrogens is 418 g/mol. The number of carbonyl (C=O) groups is 2. The van der Waals surface area contributed by atoms with Gasteiger partial charge in [-0.05, 0) is 31.2 Å². The van der Waals surface area contributed by atoms with E-state index in [-0.39, 0.29) is 11.7 Å². The van der Waals surface area contributed by atoms with Gasteiger partial charge in [-0.3, -0.25) is 14.5 Å². The van der Waals surface area contributed by atoms with Gasteiger partial charge in [0.2, 0.25) is 0 Å². The van der Waals surface area contributed by atoms with Crippen LogP contribution in [0.5, 0.6) is 5.75 Å². The van der Waals surface area contributed by atoms with Crippen LogP contribution in [-0.4, -0.2) is 68.7 Å². The number of fused-ring (bicyclic) bond motifs is 1. The molecule has 2 aromatic rings. The van der Waals surface area contributed by atoms with Gasteiger partial charge in [-0.15, -0.1) is 23.1 Å². The Morgan fingerprint density at radius 1 is 1.20 bits per heavy atom. The fourth-order valence-electron chi connectivity index (χ4n) is 3.87. The summed E-state index contributed by atoms with van der Waals surface area (Å²) in [6.45, 7) is 5.48. The van der Waals surface area contributed by atoms with Gasteiger partial charge < -0.3 is 15.0 Å². The highest BCUT2D eigenvalue weighted by atomic mass is 32.2. The Labute approximate surface area is 185 Å². The first kappa shape index (κ1) is 21.2. The molecule has 4 rings (SSSR count). The number of piperazine rings is 1. The van der Waals surface area contributed by atoms with E-state index >= 15 is 0 Å². The summed E-state index contributed by atoms with van der Waals surface area (Å²) < 4.78 is 6.46. The molecule has 0 aliphatic carbocycles. The Bertz CT molecular complexity index is 907. The first-order valence-corrected chi connectivity index (χ1v) is 12.1. The molecule has 1 N–H and O–H groups in total. The summed E-state index contributed by atoms with van der Waals surface area (Å²) in [7, 11) is 1.71. The summed E-state index contributed by atoms with van der Waals surface area (Å²) in [4.78, 5) is 30.2. The third kappa shape index (κ3) is 4.82. The lowest BCUT2D eigenvalue weighted by Crippen LogP contribution is -2.46. The van der Waals surface area contributed by atoms with Crippen molar-refractivity contribution in [1.29, 1.82) is 0 Å². The minimum Gasteiger partial charge on any atom is -0.495 e. The van der Waals surface area contributed by atoms with Crippen LogP contribution in [0.4, 0.5) is 5.69 Å². The number of rotatable bonds is 7. The maximum Gasteiger partial charge on any atom is 0.253 e. The zero-order valence-electron chi connectivity index (χ0n) is 17.2. The number of methoxy groups -OCH3 is 1. The number of carbonyl (C=O) groups excluding carboxylic acids is 2. The van der Waals surface area contributed by atoms with E-state index in [9.17, 15) is 9.59 Å². The van der Waals surface area contributed by atoms with Crippen molar-refractivity contribution in [2.75, 3.05) is 57.0 Å². The molecule has 1 saturated heterocycles. The third-order valence-corrected chi connectivity index (χ3v) is 7.98. The number of ketones is 1. The van der Waals surface area contributed by atoms with Crippen LogP contribution in [0.15, 0.2) is 34.5 Å². The average molecular weight is 446 g/mol. The second-order valence-corrected chi connectivity index (χ2v) is 9.86. The Morgan fingerprint density at radius 3 is 2.80 bits per heavy atom. The van der Waals surface area contributed by atoms with Crippen LogP contribution >= 0.6 is 23.1 Å². The Balaban J connectivity index is 1.24. The van der Waals surface area contributed by atoms with Crippen LogP contribution in [0.1, 0.15) is 32.9 Å². The highest BCUT2D eigenvalue weighted by molar-refractivity contribution is 8.01. The average Bonchev–Trinajstić information content (AvgIpc) is 3.14. The monoisotopic (exact) mass is 445 g/mol. The predicted octanol–water partition coefficient (Wildman–Crippen LogP) is 3.38. The quantitative estimate of drug-likeness (QED) is 0.660. The fraction of sp³-hybridized carbons (Fsp3) is 0.455. The molecule has 30 heavy (non-hydrogen) atoms. The molecule has 0 saturated carbocycles.